The number of alkyl halides is 3. The van der Waals surface area contributed by atoms with Gasteiger partial charge in [-0.15, -0.1) is 0 Å². The fraction of sp³-hybridized carbons (Fsp3) is 0.308. The summed E-state index contributed by atoms with van der Waals surface area (Å²) in [6, 6.07) is 4.43. The van der Waals surface area contributed by atoms with Gasteiger partial charge in [0.2, 0.25) is 0 Å². The molecule has 0 fully saturated rings. The highest BCUT2D eigenvalue weighted by atomic mass is 19.4. The van der Waals surface area contributed by atoms with Crippen LogP contribution < -0.4 is 4.74 Å². The summed E-state index contributed by atoms with van der Waals surface area (Å²) in [5.41, 5.74) is -0.768. The molecule has 22 heavy (non-hydrogen) atoms. The molecule has 1 aromatic carbocycles. The van der Waals surface area contributed by atoms with Crippen LogP contribution in [0.5, 0.6) is 6.01 Å². The number of fused-ring (bicyclic) bond motifs is 1. The third-order valence-corrected chi connectivity index (χ3v) is 3.30. The Morgan fingerprint density at radius 2 is 2.18 bits per heavy atom. The molecule has 0 spiro atoms. The predicted molar refractivity (Wildman–Crippen MR) is 69.4 cm³/mol. The van der Waals surface area contributed by atoms with E-state index in [9.17, 15) is 23.3 Å². The molecule has 0 bridgehead atoms. The lowest BCUT2D eigenvalue weighted by atomic mass is 10.1. The summed E-state index contributed by atoms with van der Waals surface area (Å²) < 4.78 is 45.2. The standard InChI is InChI=1S/C13H10F3N3O3/c1-7-6-18-10(11(19(20)21)17-12(18)22-7)8-3-2-4-9(5-8)13(14,15)16/h2-5,7H,6H2,1H3. The van der Waals surface area contributed by atoms with Crippen LogP contribution in [0.15, 0.2) is 24.3 Å². The van der Waals surface area contributed by atoms with Gasteiger partial charge in [-0.25, -0.2) is 0 Å². The number of imidazole rings is 1. The van der Waals surface area contributed by atoms with Crippen molar-refractivity contribution in [2.24, 2.45) is 0 Å². The van der Waals surface area contributed by atoms with E-state index in [-0.39, 0.29) is 23.4 Å². The minimum atomic E-state index is -4.53. The number of nitrogens with zero attached hydrogens (tertiary/aromatic N) is 3. The molecule has 1 aromatic heterocycles. The lowest BCUT2D eigenvalue weighted by Crippen LogP contribution is -2.10. The zero-order chi connectivity index (χ0) is 16.1. The molecule has 6 nitrogen and oxygen atoms in total. The van der Waals surface area contributed by atoms with E-state index in [1.807, 2.05) is 0 Å². The molecule has 0 amide bonds. The molecule has 1 aliphatic heterocycles. The summed E-state index contributed by atoms with van der Waals surface area (Å²) in [5.74, 6) is -0.513. The van der Waals surface area contributed by atoms with Gasteiger partial charge in [0, 0.05) is 10.5 Å². The lowest BCUT2D eigenvalue weighted by molar-refractivity contribution is -0.388. The first-order valence-corrected chi connectivity index (χ1v) is 6.36. The molecule has 2 heterocycles. The SMILES string of the molecule is CC1Cn2c(nc([N+](=O)[O-])c2-c2cccc(C(F)(F)F)c2)O1. The third-order valence-electron chi connectivity index (χ3n) is 3.30. The van der Waals surface area contributed by atoms with E-state index in [1.165, 1.54) is 16.7 Å². The summed E-state index contributed by atoms with van der Waals surface area (Å²) in [7, 11) is 0. The summed E-state index contributed by atoms with van der Waals surface area (Å²) in [5, 5.41) is 11.1. The van der Waals surface area contributed by atoms with Crippen LogP contribution in [0.4, 0.5) is 19.0 Å². The van der Waals surface area contributed by atoms with Crippen molar-refractivity contribution in [2.45, 2.75) is 25.7 Å². The molecule has 0 N–H and O–H groups in total. The predicted octanol–water partition coefficient (Wildman–Crippen LogP) is 3.26. The Bertz CT molecular complexity index is 755. The first-order valence-electron chi connectivity index (χ1n) is 6.36. The molecule has 9 heteroatoms. The fourth-order valence-corrected chi connectivity index (χ4v) is 2.41. The lowest BCUT2D eigenvalue weighted by Gasteiger charge is -2.09. The zero-order valence-corrected chi connectivity index (χ0v) is 11.3. The van der Waals surface area contributed by atoms with Crippen LogP contribution in [-0.4, -0.2) is 20.6 Å². The summed E-state index contributed by atoms with van der Waals surface area (Å²) in [6.07, 6.45) is -4.77. The van der Waals surface area contributed by atoms with E-state index in [0.29, 0.717) is 6.54 Å². The van der Waals surface area contributed by atoms with E-state index in [0.717, 1.165) is 12.1 Å². The Morgan fingerprint density at radius 1 is 1.45 bits per heavy atom. The average molecular weight is 313 g/mol. The number of nitro groups is 1. The molecule has 1 aliphatic rings. The second kappa shape index (κ2) is 4.72. The van der Waals surface area contributed by atoms with Gasteiger partial charge in [-0.2, -0.15) is 13.2 Å². The van der Waals surface area contributed by atoms with Gasteiger partial charge < -0.3 is 14.9 Å². The molecular weight excluding hydrogens is 303 g/mol. The number of hydrogen-bond donors (Lipinski definition) is 0. The van der Waals surface area contributed by atoms with Crippen LogP contribution >= 0.6 is 0 Å². The molecule has 0 radical (unpaired) electrons. The Labute approximate surface area is 122 Å². The molecule has 1 atom stereocenters. The maximum atomic E-state index is 12.8. The Morgan fingerprint density at radius 3 is 2.82 bits per heavy atom. The number of aromatic nitrogens is 2. The van der Waals surface area contributed by atoms with Crippen LogP contribution in [0.3, 0.4) is 0 Å². The monoisotopic (exact) mass is 313 g/mol. The second-order valence-electron chi connectivity index (χ2n) is 4.94. The van der Waals surface area contributed by atoms with Gasteiger partial charge in [0.05, 0.1) is 12.1 Å². The van der Waals surface area contributed by atoms with E-state index < -0.39 is 22.5 Å². The smallest absolute Gasteiger partial charge is 0.416 e. The minimum absolute atomic E-state index is 0.0236. The van der Waals surface area contributed by atoms with Crippen molar-refractivity contribution in [1.29, 1.82) is 0 Å². The highest BCUT2D eigenvalue weighted by Gasteiger charge is 2.37. The van der Waals surface area contributed by atoms with Crippen LogP contribution in [0, 0.1) is 10.1 Å². The molecular formula is C13H10F3N3O3. The quantitative estimate of drug-likeness (QED) is 0.630. The topological polar surface area (TPSA) is 70.2 Å². The number of halogens is 3. The minimum Gasteiger partial charge on any atom is -0.441 e. The van der Waals surface area contributed by atoms with Crippen LogP contribution in [0.2, 0.25) is 0 Å². The van der Waals surface area contributed by atoms with Crippen molar-refractivity contribution in [3.8, 4) is 17.3 Å². The van der Waals surface area contributed by atoms with Gasteiger partial charge in [-0.1, -0.05) is 12.1 Å². The van der Waals surface area contributed by atoms with Gasteiger partial charge in [-0.05, 0) is 24.0 Å². The van der Waals surface area contributed by atoms with Crippen LogP contribution in [0.1, 0.15) is 12.5 Å². The number of rotatable bonds is 2. The first kappa shape index (κ1) is 14.4. The maximum Gasteiger partial charge on any atom is 0.416 e. The second-order valence-corrected chi connectivity index (χ2v) is 4.94. The van der Waals surface area contributed by atoms with Crippen LogP contribution in [-0.2, 0) is 12.7 Å². The highest BCUT2D eigenvalue weighted by Crippen LogP contribution is 2.39. The van der Waals surface area contributed by atoms with Gasteiger partial charge in [-0.3, -0.25) is 4.57 Å². The molecule has 2 aromatic rings. The fourth-order valence-electron chi connectivity index (χ4n) is 2.41. The normalized spacial score (nSPS) is 17.2. The zero-order valence-electron chi connectivity index (χ0n) is 11.3. The van der Waals surface area contributed by atoms with Crippen molar-refractivity contribution >= 4 is 5.82 Å². The van der Waals surface area contributed by atoms with Crippen molar-refractivity contribution in [3.63, 3.8) is 0 Å². The number of benzene rings is 1. The van der Waals surface area contributed by atoms with Crippen molar-refractivity contribution in [2.75, 3.05) is 0 Å². The van der Waals surface area contributed by atoms with Crippen molar-refractivity contribution in [1.82, 2.24) is 9.55 Å². The Hall–Kier alpha value is -2.58. The number of hydrogen-bond acceptors (Lipinski definition) is 4. The van der Waals surface area contributed by atoms with E-state index in [1.54, 1.807) is 6.92 Å². The van der Waals surface area contributed by atoms with E-state index >= 15 is 0 Å². The molecule has 0 saturated heterocycles. The van der Waals surface area contributed by atoms with E-state index in [4.69, 9.17) is 4.74 Å². The van der Waals surface area contributed by atoms with E-state index in [2.05, 4.69) is 4.98 Å². The average Bonchev–Trinajstić information content (AvgIpc) is 2.93. The Balaban J connectivity index is 2.18. The summed E-state index contributed by atoms with van der Waals surface area (Å²) in [4.78, 5) is 14.2. The van der Waals surface area contributed by atoms with Crippen LogP contribution in [0.25, 0.3) is 11.3 Å². The molecule has 0 aliphatic carbocycles. The van der Waals surface area contributed by atoms with Crippen molar-refractivity contribution < 1.29 is 22.8 Å². The first-order chi connectivity index (χ1) is 10.3. The van der Waals surface area contributed by atoms with Gasteiger partial charge >= 0.3 is 18.0 Å². The third kappa shape index (κ3) is 2.28. The molecule has 1 unspecified atom stereocenters. The van der Waals surface area contributed by atoms with Crippen molar-refractivity contribution in [3.05, 3.63) is 39.9 Å². The Kier molecular flexibility index (Phi) is 3.08. The highest BCUT2D eigenvalue weighted by molar-refractivity contribution is 5.70. The largest absolute Gasteiger partial charge is 0.441 e. The summed E-state index contributed by atoms with van der Waals surface area (Å²) >= 11 is 0. The van der Waals surface area contributed by atoms with Gasteiger partial charge in [0.15, 0.2) is 5.69 Å². The molecule has 3 rings (SSSR count). The maximum absolute atomic E-state index is 12.8. The molecule has 116 valence electrons. The van der Waals surface area contributed by atoms with Gasteiger partial charge in [0.25, 0.3) is 0 Å². The summed E-state index contributed by atoms with van der Waals surface area (Å²) in [6.45, 7) is 2.04. The van der Waals surface area contributed by atoms with Gasteiger partial charge in [0.1, 0.15) is 6.10 Å². The number of ether oxygens (including phenoxy) is 1. The molecule has 0 saturated carbocycles.